The zero-order valence-electron chi connectivity index (χ0n) is 23.3. The van der Waals surface area contributed by atoms with E-state index < -0.39 is 0 Å². The fourth-order valence-electron chi connectivity index (χ4n) is 8.03. The first-order valence-corrected chi connectivity index (χ1v) is 14.9. The van der Waals surface area contributed by atoms with Gasteiger partial charge < -0.3 is 4.90 Å². The average molecular weight is 536 g/mol. The molecule has 4 nitrogen and oxygen atoms in total. The number of benzene rings is 6. The van der Waals surface area contributed by atoms with Crippen molar-refractivity contribution in [2.75, 3.05) is 4.90 Å². The Kier molecular flexibility index (Phi) is 4.11. The van der Waals surface area contributed by atoms with Crippen LogP contribution in [-0.2, 0) is 0 Å². The number of fused-ring (bicyclic) bond motifs is 7. The third-order valence-corrected chi connectivity index (χ3v) is 9.40. The second-order valence-electron chi connectivity index (χ2n) is 11.2. The minimum atomic E-state index is 0.201. The zero-order valence-corrected chi connectivity index (χ0v) is 23.3. The second kappa shape index (κ2) is 7.71. The molecule has 0 saturated heterocycles. The lowest BCUT2D eigenvalue weighted by Gasteiger charge is -2.39. The third-order valence-electron chi connectivity index (χ3n) is 9.40. The van der Waals surface area contributed by atoms with Gasteiger partial charge in [0.05, 0.1) is 22.1 Å². The van der Waals surface area contributed by atoms with Gasteiger partial charge in [-0.25, -0.2) is 4.98 Å². The summed E-state index contributed by atoms with van der Waals surface area (Å²) in [5.41, 5.74) is 16.5. The molecule has 0 radical (unpaired) electrons. The van der Waals surface area contributed by atoms with Crippen LogP contribution in [0, 0.1) is 0 Å². The van der Waals surface area contributed by atoms with Crippen LogP contribution < -0.4 is 21.3 Å². The Labute approximate surface area is 243 Å². The first-order chi connectivity index (χ1) is 20.9. The first-order valence-electron chi connectivity index (χ1n) is 14.9. The van der Waals surface area contributed by atoms with E-state index in [4.69, 9.17) is 4.98 Å². The molecule has 3 aliphatic heterocycles. The van der Waals surface area contributed by atoms with Gasteiger partial charge in [0.25, 0.3) is 6.71 Å². The van der Waals surface area contributed by atoms with Crippen molar-refractivity contribution in [1.82, 2.24) is 14.0 Å². The van der Waals surface area contributed by atoms with Crippen molar-refractivity contribution in [3.05, 3.63) is 115 Å². The molecule has 196 valence electrons. The minimum absolute atomic E-state index is 0.201. The number of para-hydroxylation sites is 3. The monoisotopic (exact) mass is 536 g/mol. The van der Waals surface area contributed by atoms with Crippen LogP contribution in [0.3, 0.4) is 0 Å². The molecule has 0 unspecified atom stereocenters. The van der Waals surface area contributed by atoms with Crippen molar-refractivity contribution >= 4 is 78.8 Å². The van der Waals surface area contributed by atoms with Crippen LogP contribution in [0.5, 0.6) is 0 Å². The van der Waals surface area contributed by atoms with Gasteiger partial charge in [-0.15, -0.1) is 0 Å². The quantitative estimate of drug-likeness (QED) is 0.207. The fraction of sp³-hybridized carbons (Fsp3) is 0.0541. The van der Waals surface area contributed by atoms with Crippen LogP contribution in [0.1, 0.15) is 13.8 Å². The normalized spacial score (nSPS) is 13.4. The third kappa shape index (κ3) is 2.42. The Morgan fingerprint density at radius 1 is 0.595 bits per heavy atom. The average Bonchev–Trinajstić information content (AvgIpc) is 3.61. The second-order valence-corrected chi connectivity index (χ2v) is 11.2. The number of aromatic nitrogens is 3. The Bertz CT molecular complexity index is 2450. The Balaban J connectivity index is 0.00000116. The van der Waals surface area contributed by atoms with E-state index in [0.29, 0.717) is 0 Å². The molecule has 0 saturated carbocycles. The molecule has 0 bridgehead atoms. The lowest BCUT2D eigenvalue weighted by molar-refractivity contribution is 1.07. The standard InChI is InChI=1S/C35H19BN4.C2H6/c1-2-10-21(11-3-1)38-27-16-7-12-22-23-19-20-9-6-15-26-30(20)34-32(23)36(31(22)27)33-28(38)17-8-18-29(33)40(34)35-37-24-13-4-5-14-25(24)39(26)35;1-2/h1-19H;1-2H3. The molecule has 2 aromatic heterocycles. The number of imidazole rings is 1. The molecule has 0 aliphatic carbocycles. The minimum Gasteiger partial charge on any atom is -0.311 e. The zero-order chi connectivity index (χ0) is 27.7. The van der Waals surface area contributed by atoms with Gasteiger partial charge >= 0.3 is 0 Å². The highest BCUT2D eigenvalue weighted by atomic mass is 15.2. The van der Waals surface area contributed by atoms with E-state index in [9.17, 15) is 0 Å². The molecular weight excluding hydrogens is 511 g/mol. The highest BCUT2D eigenvalue weighted by molar-refractivity contribution is 7.03. The Morgan fingerprint density at radius 3 is 2.19 bits per heavy atom. The SMILES string of the molecule is CC.c1ccc(N2c3cccc4c3B3c5c2cccc5-n2c5c3c-4cc3cccc(c35)n3c4ccccc4nc23)cc1. The molecule has 8 aromatic rings. The van der Waals surface area contributed by atoms with Gasteiger partial charge in [0, 0.05) is 28.1 Å². The molecule has 6 aromatic carbocycles. The van der Waals surface area contributed by atoms with Crippen molar-refractivity contribution in [3.8, 4) is 16.8 Å². The molecular formula is C37H25BN4. The van der Waals surface area contributed by atoms with Crippen LogP contribution in [0.15, 0.2) is 115 Å². The highest BCUT2D eigenvalue weighted by Crippen LogP contribution is 2.46. The molecule has 0 amide bonds. The van der Waals surface area contributed by atoms with Crippen molar-refractivity contribution in [3.63, 3.8) is 0 Å². The van der Waals surface area contributed by atoms with Gasteiger partial charge in [-0.05, 0) is 87.5 Å². The van der Waals surface area contributed by atoms with Gasteiger partial charge in [0.15, 0.2) is 0 Å². The first kappa shape index (κ1) is 22.4. The molecule has 5 heteroatoms. The molecule has 11 rings (SSSR count). The van der Waals surface area contributed by atoms with Crippen LogP contribution in [0.25, 0.3) is 55.4 Å². The Hall–Kier alpha value is -5.29. The number of hydrogen-bond acceptors (Lipinski definition) is 2. The van der Waals surface area contributed by atoms with E-state index in [1.54, 1.807) is 0 Å². The predicted octanol–water partition coefficient (Wildman–Crippen LogP) is 7.20. The lowest BCUT2D eigenvalue weighted by atomic mass is 9.35. The van der Waals surface area contributed by atoms with Crippen molar-refractivity contribution in [2.45, 2.75) is 13.8 Å². The van der Waals surface area contributed by atoms with Crippen LogP contribution in [0.2, 0.25) is 0 Å². The summed E-state index contributed by atoms with van der Waals surface area (Å²) in [6, 6.07) is 42.1. The molecule has 3 aliphatic rings. The highest BCUT2D eigenvalue weighted by Gasteiger charge is 2.48. The van der Waals surface area contributed by atoms with E-state index in [-0.39, 0.29) is 6.71 Å². The molecule has 0 fully saturated rings. The van der Waals surface area contributed by atoms with Gasteiger partial charge in [-0.2, -0.15) is 0 Å². The summed E-state index contributed by atoms with van der Waals surface area (Å²) in [7, 11) is 0. The van der Waals surface area contributed by atoms with E-state index in [1.165, 1.54) is 72.1 Å². The summed E-state index contributed by atoms with van der Waals surface area (Å²) >= 11 is 0. The number of anilines is 3. The maximum atomic E-state index is 5.29. The molecule has 0 atom stereocenters. The lowest BCUT2D eigenvalue weighted by Crippen LogP contribution is -2.58. The maximum absolute atomic E-state index is 5.29. The summed E-state index contributed by atoms with van der Waals surface area (Å²) in [6.45, 7) is 4.20. The maximum Gasteiger partial charge on any atom is 0.253 e. The number of rotatable bonds is 1. The summed E-state index contributed by atoms with van der Waals surface area (Å²) < 4.78 is 4.83. The molecule has 5 heterocycles. The number of hydrogen-bond donors (Lipinski definition) is 0. The van der Waals surface area contributed by atoms with Gasteiger partial charge in [0.1, 0.15) is 0 Å². The van der Waals surface area contributed by atoms with Crippen LogP contribution in [-0.4, -0.2) is 20.7 Å². The molecule has 42 heavy (non-hydrogen) atoms. The predicted molar refractivity (Wildman–Crippen MR) is 177 cm³/mol. The Morgan fingerprint density at radius 2 is 1.31 bits per heavy atom. The van der Waals surface area contributed by atoms with E-state index in [1.807, 2.05) is 13.8 Å². The summed E-state index contributed by atoms with van der Waals surface area (Å²) in [5, 5.41) is 2.59. The fourth-order valence-corrected chi connectivity index (χ4v) is 8.03. The van der Waals surface area contributed by atoms with Crippen molar-refractivity contribution < 1.29 is 0 Å². The van der Waals surface area contributed by atoms with Crippen LogP contribution >= 0.6 is 0 Å². The van der Waals surface area contributed by atoms with Crippen molar-refractivity contribution in [1.29, 1.82) is 0 Å². The summed E-state index contributed by atoms with van der Waals surface area (Å²) in [6.07, 6.45) is 0. The molecule has 0 spiro atoms. The van der Waals surface area contributed by atoms with Crippen molar-refractivity contribution in [2.24, 2.45) is 0 Å². The largest absolute Gasteiger partial charge is 0.311 e. The summed E-state index contributed by atoms with van der Waals surface area (Å²) in [4.78, 5) is 7.75. The smallest absolute Gasteiger partial charge is 0.253 e. The van der Waals surface area contributed by atoms with Gasteiger partial charge in [-0.1, -0.05) is 74.5 Å². The van der Waals surface area contributed by atoms with E-state index in [2.05, 4.69) is 129 Å². The topological polar surface area (TPSA) is 25.5 Å². The van der Waals surface area contributed by atoms with Crippen LogP contribution in [0.4, 0.5) is 17.1 Å². The van der Waals surface area contributed by atoms with Gasteiger partial charge in [-0.3, -0.25) is 8.97 Å². The number of nitrogens with zero attached hydrogens (tertiary/aromatic N) is 4. The summed E-state index contributed by atoms with van der Waals surface area (Å²) in [5.74, 6) is 0.967. The molecule has 0 N–H and O–H groups in total. The van der Waals surface area contributed by atoms with Gasteiger partial charge in [0.2, 0.25) is 5.78 Å². The van der Waals surface area contributed by atoms with E-state index >= 15 is 0 Å². The van der Waals surface area contributed by atoms with E-state index in [0.717, 1.165) is 16.8 Å².